The van der Waals surface area contributed by atoms with Gasteiger partial charge in [-0.05, 0) is 24.3 Å². The lowest BCUT2D eigenvalue weighted by Gasteiger charge is -2.00. The van der Waals surface area contributed by atoms with Crippen LogP contribution in [0, 0.1) is 0 Å². The number of nitrogens with zero attached hydrogens (tertiary/aromatic N) is 1. The number of thiophene rings is 1. The van der Waals surface area contributed by atoms with E-state index in [-0.39, 0.29) is 0 Å². The Kier molecular flexibility index (Phi) is 2.40. The molecule has 0 aliphatic rings. The number of benzene rings is 3. The quantitative estimate of drug-likeness (QED) is 0.429. The summed E-state index contributed by atoms with van der Waals surface area (Å²) in [4.78, 5) is 8.22. The fourth-order valence-electron chi connectivity index (χ4n) is 3.05. The summed E-state index contributed by atoms with van der Waals surface area (Å²) in [6.45, 7) is 0. The molecule has 0 unspecified atom stereocenters. The van der Waals surface area contributed by atoms with E-state index in [1.807, 2.05) is 29.5 Å². The van der Waals surface area contributed by atoms with Crippen LogP contribution in [0.2, 0.25) is 0 Å². The molecular weight excluding hydrogens is 288 g/mol. The minimum absolute atomic E-state index is 0.940. The summed E-state index contributed by atoms with van der Waals surface area (Å²) in [7, 11) is 0. The van der Waals surface area contributed by atoms with Crippen LogP contribution in [0.5, 0.6) is 0 Å². The molecule has 0 spiro atoms. The van der Waals surface area contributed by atoms with E-state index in [1.54, 1.807) is 0 Å². The monoisotopic (exact) mass is 300 g/mol. The standard InChI is InChI=1S/C19H12N2S/c1-4-10-16-12(6-1)18-13(7-5-11-17(18)22-16)19-20-14-8-2-3-9-15(14)21-19/h1-11H,(H,20,21). The third-order valence-electron chi connectivity index (χ3n) is 4.05. The van der Waals surface area contributed by atoms with E-state index in [9.17, 15) is 0 Å². The van der Waals surface area contributed by atoms with Gasteiger partial charge in [-0.15, -0.1) is 11.3 Å². The average Bonchev–Trinajstić information content (AvgIpc) is 3.15. The molecular formula is C19H12N2S. The Morgan fingerprint density at radius 2 is 1.59 bits per heavy atom. The first-order chi connectivity index (χ1) is 10.9. The van der Waals surface area contributed by atoms with Gasteiger partial charge in [0.2, 0.25) is 0 Å². The van der Waals surface area contributed by atoms with Gasteiger partial charge in [-0.1, -0.05) is 42.5 Å². The van der Waals surface area contributed by atoms with Crippen molar-refractivity contribution in [3.63, 3.8) is 0 Å². The van der Waals surface area contributed by atoms with Crippen LogP contribution in [0.3, 0.4) is 0 Å². The van der Waals surface area contributed by atoms with Gasteiger partial charge in [-0.2, -0.15) is 0 Å². The largest absolute Gasteiger partial charge is 0.338 e. The Balaban J connectivity index is 1.90. The molecule has 0 radical (unpaired) electrons. The summed E-state index contributed by atoms with van der Waals surface area (Å²) >= 11 is 1.84. The van der Waals surface area contributed by atoms with Crippen molar-refractivity contribution in [2.75, 3.05) is 0 Å². The lowest BCUT2D eigenvalue weighted by Crippen LogP contribution is -1.81. The zero-order chi connectivity index (χ0) is 14.5. The Hall–Kier alpha value is -2.65. The molecule has 0 saturated heterocycles. The van der Waals surface area contributed by atoms with Crippen molar-refractivity contribution in [1.82, 2.24) is 9.97 Å². The molecule has 3 heteroatoms. The van der Waals surface area contributed by atoms with Crippen LogP contribution in [0.4, 0.5) is 0 Å². The minimum Gasteiger partial charge on any atom is -0.338 e. The van der Waals surface area contributed by atoms with E-state index in [1.165, 1.54) is 25.7 Å². The summed E-state index contributed by atoms with van der Waals surface area (Å²) in [5.74, 6) is 0.940. The van der Waals surface area contributed by atoms with Crippen LogP contribution in [0.25, 0.3) is 42.6 Å². The minimum atomic E-state index is 0.940. The number of fused-ring (bicyclic) bond motifs is 4. The van der Waals surface area contributed by atoms with Gasteiger partial charge in [0.1, 0.15) is 5.82 Å². The predicted molar refractivity (Wildman–Crippen MR) is 94.4 cm³/mol. The zero-order valence-corrected chi connectivity index (χ0v) is 12.5. The topological polar surface area (TPSA) is 28.7 Å². The second-order valence-electron chi connectivity index (χ2n) is 5.38. The maximum atomic E-state index is 4.77. The highest BCUT2D eigenvalue weighted by Gasteiger charge is 2.13. The number of nitrogens with one attached hydrogen (secondary N) is 1. The van der Waals surface area contributed by atoms with Crippen LogP contribution in [-0.2, 0) is 0 Å². The van der Waals surface area contributed by atoms with Crippen molar-refractivity contribution in [2.45, 2.75) is 0 Å². The molecule has 3 aromatic carbocycles. The molecule has 22 heavy (non-hydrogen) atoms. The van der Waals surface area contributed by atoms with E-state index < -0.39 is 0 Å². The first-order valence-corrected chi connectivity index (χ1v) is 8.07. The predicted octanol–water partition coefficient (Wildman–Crippen LogP) is 5.60. The molecule has 2 nitrogen and oxygen atoms in total. The van der Waals surface area contributed by atoms with Crippen LogP contribution in [0.1, 0.15) is 0 Å². The van der Waals surface area contributed by atoms with Crippen LogP contribution < -0.4 is 0 Å². The molecule has 0 aliphatic heterocycles. The Morgan fingerprint density at radius 1 is 0.773 bits per heavy atom. The number of H-pyrrole nitrogens is 1. The summed E-state index contributed by atoms with van der Waals surface area (Å²) in [6, 6.07) is 23.2. The molecule has 5 rings (SSSR count). The highest BCUT2D eigenvalue weighted by atomic mass is 32.1. The number of aromatic nitrogens is 2. The number of hydrogen-bond acceptors (Lipinski definition) is 2. The Morgan fingerprint density at radius 3 is 2.55 bits per heavy atom. The Labute approximate surface area is 131 Å². The Bertz CT molecular complexity index is 1100. The van der Waals surface area contributed by atoms with Crippen LogP contribution in [-0.4, -0.2) is 9.97 Å². The smallest absolute Gasteiger partial charge is 0.139 e. The molecule has 0 saturated carbocycles. The van der Waals surface area contributed by atoms with Crippen LogP contribution >= 0.6 is 11.3 Å². The molecule has 0 atom stereocenters. The molecule has 0 aliphatic carbocycles. The van der Waals surface area contributed by atoms with E-state index in [4.69, 9.17) is 4.98 Å². The second kappa shape index (κ2) is 4.42. The molecule has 0 fully saturated rings. The van der Waals surface area contributed by atoms with E-state index in [0.29, 0.717) is 0 Å². The van der Waals surface area contributed by atoms with Crippen molar-refractivity contribution in [3.05, 3.63) is 66.7 Å². The number of imidazole rings is 1. The van der Waals surface area contributed by atoms with Gasteiger partial charge < -0.3 is 4.98 Å². The van der Waals surface area contributed by atoms with Crippen molar-refractivity contribution in [1.29, 1.82) is 0 Å². The van der Waals surface area contributed by atoms with Crippen molar-refractivity contribution < 1.29 is 0 Å². The molecule has 2 heterocycles. The molecule has 1 N–H and O–H groups in total. The van der Waals surface area contributed by atoms with Crippen LogP contribution in [0.15, 0.2) is 66.7 Å². The van der Waals surface area contributed by atoms with E-state index in [0.717, 1.165) is 16.9 Å². The maximum Gasteiger partial charge on any atom is 0.139 e. The lowest BCUT2D eigenvalue weighted by molar-refractivity contribution is 1.35. The van der Waals surface area contributed by atoms with Crippen molar-refractivity contribution >= 4 is 42.5 Å². The molecule has 5 aromatic rings. The molecule has 2 aromatic heterocycles. The first-order valence-electron chi connectivity index (χ1n) is 7.25. The molecule has 0 bridgehead atoms. The summed E-state index contributed by atoms with van der Waals surface area (Å²) < 4.78 is 2.63. The van der Waals surface area contributed by atoms with Gasteiger partial charge in [0, 0.05) is 25.7 Å². The third-order valence-corrected chi connectivity index (χ3v) is 5.18. The van der Waals surface area contributed by atoms with Gasteiger partial charge in [0.25, 0.3) is 0 Å². The zero-order valence-electron chi connectivity index (χ0n) is 11.7. The number of para-hydroxylation sites is 2. The van der Waals surface area contributed by atoms with Crippen molar-refractivity contribution in [2.24, 2.45) is 0 Å². The van der Waals surface area contributed by atoms with Crippen molar-refractivity contribution in [3.8, 4) is 11.4 Å². The highest BCUT2D eigenvalue weighted by Crippen LogP contribution is 2.39. The average molecular weight is 300 g/mol. The normalized spacial score (nSPS) is 11.6. The van der Waals surface area contributed by atoms with Gasteiger partial charge in [-0.25, -0.2) is 4.98 Å². The van der Waals surface area contributed by atoms with Gasteiger partial charge in [0.05, 0.1) is 11.0 Å². The summed E-state index contributed by atoms with van der Waals surface area (Å²) in [5.41, 5.74) is 3.26. The molecule has 104 valence electrons. The van der Waals surface area contributed by atoms with Gasteiger partial charge in [-0.3, -0.25) is 0 Å². The fraction of sp³-hybridized carbons (Fsp3) is 0. The van der Waals surface area contributed by atoms with Gasteiger partial charge in [0.15, 0.2) is 0 Å². The highest BCUT2D eigenvalue weighted by molar-refractivity contribution is 7.25. The lowest BCUT2D eigenvalue weighted by atomic mass is 10.1. The first kappa shape index (κ1) is 12.0. The third kappa shape index (κ3) is 1.63. The SMILES string of the molecule is c1ccc2[nH]c(-c3cccc4sc5ccccc5c34)nc2c1. The maximum absolute atomic E-state index is 4.77. The number of hydrogen-bond donors (Lipinski definition) is 1. The van der Waals surface area contributed by atoms with E-state index >= 15 is 0 Å². The van der Waals surface area contributed by atoms with E-state index in [2.05, 4.69) is 53.5 Å². The summed E-state index contributed by atoms with van der Waals surface area (Å²) in [5, 5.41) is 2.60. The number of rotatable bonds is 1. The molecule has 0 amide bonds. The summed E-state index contributed by atoms with van der Waals surface area (Å²) in [6.07, 6.45) is 0. The number of aromatic amines is 1. The second-order valence-corrected chi connectivity index (χ2v) is 6.46. The fourth-order valence-corrected chi connectivity index (χ4v) is 4.18. The van der Waals surface area contributed by atoms with Gasteiger partial charge >= 0.3 is 0 Å².